The Morgan fingerprint density at radius 1 is 1.08 bits per heavy atom. The lowest BCUT2D eigenvalue weighted by Gasteiger charge is -2.46. The molecule has 0 aromatic heterocycles. The van der Waals surface area contributed by atoms with Crippen molar-refractivity contribution in [1.29, 1.82) is 0 Å². The fraction of sp³-hybridized carbons (Fsp3) is 0.600. The molecule has 1 fully saturated rings. The van der Waals surface area contributed by atoms with Crippen molar-refractivity contribution in [3.05, 3.63) is 58.1 Å². The first kappa shape index (κ1) is 27.3. The highest BCUT2D eigenvalue weighted by atomic mass is 35.5. The van der Waals surface area contributed by atoms with Crippen LogP contribution in [-0.4, -0.2) is 45.0 Å². The van der Waals surface area contributed by atoms with Crippen LogP contribution in [-0.2, 0) is 21.9 Å². The van der Waals surface area contributed by atoms with Gasteiger partial charge in [0.05, 0.1) is 18.0 Å². The van der Waals surface area contributed by atoms with Gasteiger partial charge in [-0.3, -0.25) is 0 Å². The minimum absolute atomic E-state index is 0.00251. The fourth-order valence-electron chi connectivity index (χ4n) is 7.33. The van der Waals surface area contributed by atoms with Crippen LogP contribution in [0.3, 0.4) is 0 Å². The van der Waals surface area contributed by atoms with E-state index in [1.807, 2.05) is 18.2 Å². The van der Waals surface area contributed by atoms with Gasteiger partial charge in [-0.25, -0.2) is 8.42 Å². The number of fused-ring (bicyclic) bond motifs is 4. The number of sulfonamides is 1. The number of aliphatic hydroxyl groups is 1. The zero-order chi connectivity index (χ0) is 27.2. The maximum atomic E-state index is 12.7. The van der Waals surface area contributed by atoms with Crippen molar-refractivity contribution in [3.63, 3.8) is 0 Å². The standard InChI is InChI=1S/C30H40ClN3O4S/c31-23-9-11-25-20(15-23)5-4-13-30(25)18-34-17-22-7-10-24(22)26(32)6-2-1-3-14-39(36,37)33-29(35)21-8-12-28(38-19-30)27(34)16-21/h8-9,11-12,15-16,22,24,26,29,33,35H,1-7,10,13-14,17-19,32H2/t22-,24+,26+,29?,30-/m0/s1. The number of nitrogens with zero attached hydrogens (tertiary/aromatic N) is 1. The van der Waals surface area contributed by atoms with Crippen molar-refractivity contribution < 1.29 is 18.3 Å². The van der Waals surface area contributed by atoms with Crippen LogP contribution in [0, 0.1) is 11.8 Å². The summed E-state index contributed by atoms with van der Waals surface area (Å²) in [5.74, 6) is 1.74. The average molecular weight is 574 g/mol. The number of halogens is 1. The number of rotatable bonds is 0. The van der Waals surface area contributed by atoms with E-state index in [9.17, 15) is 13.5 Å². The minimum Gasteiger partial charge on any atom is -0.490 e. The highest BCUT2D eigenvalue weighted by Crippen LogP contribution is 2.47. The molecule has 0 amide bonds. The van der Waals surface area contributed by atoms with E-state index >= 15 is 0 Å². The van der Waals surface area contributed by atoms with Crippen LogP contribution in [0.5, 0.6) is 5.75 Å². The van der Waals surface area contributed by atoms with Crippen molar-refractivity contribution in [2.24, 2.45) is 17.6 Å². The molecule has 9 heteroatoms. The molecule has 4 aliphatic rings. The van der Waals surface area contributed by atoms with E-state index in [1.54, 1.807) is 6.07 Å². The van der Waals surface area contributed by atoms with Crippen LogP contribution in [0.25, 0.3) is 0 Å². The molecule has 2 bridgehead atoms. The van der Waals surface area contributed by atoms with Gasteiger partial charge in [0.1, 0.15) is 12.0 Å². The predicted molar refractivity (Wildman–Crippen MR) is 155 cm³/mol. The van der Waals surface area contributed by atoms with Gasteiger partial charge < -0.3 is 20.5 Å². The lowest BCUT2D eigenvalue weighted by molar-refractivity contribution is 0.138. The topological polar surface area (TPSA) is 105 Å². The molecule has 212 valence electrons. The monoisotopic (exact) mass is 573 g/mol. The van der Waals surface area contributed by atoms with Gasteiger partial charge in [-0.15, -0.1) is 0 Å². The average Bonchev–Trinajstić information content (AvgIpc) is 3.02. The molecule has 1 unspecified atom stereocenters. The van der Waals surface area contributed by atoms with Gasteiger partial charge in [0, 0.05) is 29.6 Å². The third kappa shape index (κ3) is 5.55. The van der Waals surface area contributed by atoms with Gasteiger partial charge in [-0.1, -0.05) is 36.6 Å². The molecule has 0 radical (unpaired) electrons. The first-order valence-electron chi connectivity index (χ1n) is 14.5. The Morgan fingerprint density at radius 2 is 1.95 bits per heavy atom. The summed E-state index contributed by atoms with van der Waals surface area (Å²) in [5, 5.41) is 11.7. The molecule has 4 N–H and O–H groups in total. The summed E-state index contributed by atoms with van der Waals surface area (Å²) in [6, 6.07) is 12.0. The summed E-state index contributed by atoms with van der Waals surface area (Å²) < 4.78 is 34.4. The van der Waals surface area contributed by atoms with Crippen LogP contribution >= 0.6 is 11.6 Å². The maximum absolute atomic E-state index is 12.7. The number of aliphatic hydroxyl groups excluding tert-OH is 1. The van der Waals surface area contributed by atoms with E-state index in [4.69, 9.17) is 22.1 Å². The quantitative estimate of drug-likeness (QED) is 0.424. The van der Waals surface area contributed by atoms with Crippen LogP contribution < -0.4 is 20.1 Å². The normalized spacial score (nSPS) is 32.7. The first-order valence-corrected chi connectivity index (χ1v) is 16.5. The Morgan fingerprint density at radius 3 is 2.77 bits per heavy atom. The van der Waals surface area contributed by atoms with Crippen LogP contribution in [0.1, 0.15) is 74.3 Å². The van der Waals surface area contributed by atoms with Crippen molar-refractivity contribution >= 4 is 27.3 Å². The molecule has 0 saturated heterocycles. The minimum atomic E-state index is -3.62. The van der Waals surface area contributed by atoms with E-state index in [2.05, 4.69) is 21.8 Å². The highest BCUT2D eigenvalue weighted by molar-refractivity contribution is 7.89. The van der Waals surface area contributed by atoms with Crippen molar-refractivity contribution in [2.45, 2.75) is 75.5 Å². The SMILES string of the molecule is N[C@@H]1CCCCCS(=O)(=O)NC(O)c2ccc3c(c2)N(C[C@@H]2CC[C@H]21)C[C@@]1(CCCc2cc(Cl)ccc21)CO3. The molecular weight excluding hydrogens is 534 g/mol. The van der Waals surface area contributed by atoms with Gasteiger partial charge >= 0.3 is 0 Å². The molecule has 39 heavy (non-hydrogen) atoms. The van der Waals surface area contributed by atoms with E-state index in [1.165, 1.54) is 11.1 Å². The van der Waals surface area contributed by atoms with Crippen LogP contribution in [0.2, 0.25) is 5.02 Å². The molecular formula is C30H40ClN3O4S. The number of anilines is 1. The second-order valence-electron chi connectivity index (χ2n) is 12.2. The summed E-state index contributed by atoms with van der Waals surface area (Å²) in [5.41, 5.74) is 10.6. The molecule has 5 atom stereocenters. The number of ether oxygens (including phenoxy) is 1. The number of benzene rings is 2. The third-order valence-corrected chi connectivity index (χ3v) is 11.2. The summed E-state index contributed by atoms with van der Waals surface area (Å²) in [6.45, 7) is 2.22. The van der Waals surface area contributed by atoms with Gasteiger partial charge in [0.15, 0.2) is 0 Å². The molecule has 2 aliphatic heterocycles. The fourth-order valence-corrected chi connectivity index (χ4v) is 8.70. The lowest BCUT2D eigenvalue weighted by Crippen LogP contribution is -2.50. The third-order valence-electron chi connectivity index (χ3n) is 9.60. The van der Waals surface area contributed by atoms with Crippen LogP contribution in [0.4, 0.5) is 5.69 Å². The number of nitrogens with two attached hydrogens (primary N) is 1. The van der Waals surface area contributed by atoms with E-state index < -0.39 is 16.3 Å². The molecule has 1 spiro atoms. The van der Waals surface area contributed by atoms with Crippen LogP contribution in [0.15, 0.2) is 36.4 Å². The highest BCUT2D eigenvalue weighted by Gasteiger charge is 2.44. The van der Waals surface area contributed by atoms with Crippen molar-refractivity contribution in [2.75, 3.05) is 30.3 Å². The maximum Gasteiger partial charge on any atom is 0.214 e. The number of nitrogens with one attached hydrogen (secondary N) is 1. The first-order chi connectivity index (χ1) is 18.7. The molecule has 2 heterocycles. The lowest BCUT2D eigenvalue weighted by atomic mass is 9.67. The molecule has 6 rings (SSSR count). The summed E-state index contributed by atoms with van der Waals surface area (Å²) in [6.07, 6.45) is 7.32. The largest absolute Gasteiger partial charge is 0.490 e. The van der Waals surface area contributed by atoms with Gasteiger partial charge in [-0.2, -0.15) is 4.72 Å². The van der Waals surface area contributed by atoms with Gasteiger partial charge in [0.25, 0.3) is 0 Å². The van der Waals surface area contributed by atoms with E-state index in [-0.39, 0.29) is 17.2 Å². The Balaban J connectivity index is 1.40. The zero-order valence-corrected chi connectivity index (χ0v) is 24.0. The Kier molecular flexibility index (Phi) is 7.61. The van der Waals surface area contributed by atoms with Gasteiger partial charge in [-0.05, 0) is 97.7 Å². The second-order valence-corrected chi connectivity index (χ2v) is 14.5. The Bertz CT molecular complexity index is 1320. The number of hydrogen-bond donors (Lipinski definition) is 3. The second kappa shape index (κ2) is 10.9. The molecule has 2 aliphatic carbocycles. The van der Waals surface area contributed by atoms with Crippen molar-refractivity contribution in [1.82, 2.24) is 4.72 Å². The Hall–Kier alpha value is -1.84. The van der Waals surface area contributed by atoms with Gasteiger partial charge in [0.2, 0.25) is 10.0 Å². The smallest absolute Gasteiger partial charge is 0.214 e. The summed E-state index contributed by atoms with van der Waals surface area (Å²) in [4.78, 5) is 2.44. The summed E-state index contributed by atoms with van der Waals surface area (Å²) >= 11 is 6.39. The van der Waals surface area contributed by atoms with E-state index in [0.29, 0.717) is 30.4 Å². The molecule has 2 aromatic rings. The summed E-state index contributed by atoms with van der Waals surface area (Å²) in [7, 11) is -3.62. The molecule has 7 nitrogen and oxygen atoms in total. The molecule has 1 saturated carbocycles. The van der Waals surface area contributed by atoms with E-state index in [0.717, 1.165) is 80.9 Å². The number of hydrogen-bond acceptors (Lipinski definition) is 6. The Labute approximate surface area is 237 Å². The van der Waals surface area contributed by atoms with Crippen molar-refractivity contribution in [3.8, 4) is 5.75 Å². The number of aryl methyl sites for hydroxylation is 1. The molecule has 2 aromatic carbocycles. The predicted octanol–water partition coefficient (Wildman–Crippen LogP) is 4.65. The zero-order valence-electron chi connectivity index (χ0n) is 22.4.